The lowest BCUT2D eigenvalue weighted by molar-refractivity contribution is 0.389. The molecule has 0 aliphatic heterocycles. The van der Waals surface area contributed by atoms with Gasteiger partial charge in [-0.3, -0.25) is 0 Å². The van der Waals surface area contributed by atoms with Crippen molar-refractivity contribution in [3.05, 3.63) is 71.0 Å². The lowest BCUT2D eigenvalue weighted by Crippen LogP contribution is -2.45. The highest BCUT2D eigenvalue weighted by molar-refractivity contribution is 7.89. The Kier molecular flexibility index (Phi) is 9.04. The first kappa shape index (κ1) is 24.9. The standard InChI is InChI=1S/C24H34FN3O2S/c1-5-24(6-2,21-11-9-8-10-12-21)18-28-23(26-7-3)27-16-20-15-22(25)14-13-19(20)17-31(4,29)30/h8-15H,5-7,16-18H2,1-4H3,(H2,26,27,28). The van der Waals surface area contributed by atoms with Gasteiger partial charge in [0.05, 0.1) is 12.3 Å². The molecule has 0 aromatic heterocycles. The van der Waals surface area contributed by atoms with Gasteiger partial charge >= 0.3 is 0 Å². The molecule has 2 aromatic carbocycles. The van der Waals surface area contributed by atoms with Crippen LogP contribution in [-0.4, -0.2) is 33.7 Å². The van der Waals surface area contributed by atoms with Gasteiger partial charge < -0.3 is 10.6 Å². The molecule has 0 aliphatic rings. The molecule has 31 heavy (non-hydrogen) atoms. The van der Waals surface area contributed by atoms with Crippen molar-refractivity contribution in [2.45, 2.75) is 51.3 Å². The van der Waals surface area contributed by atoms with Gasteiger partial charge in [0.1, 0.15) is 5.82 Å². The molecule has 0 radical (unpaired) electrons. The molecule has 2 aromatic rings. The summed E-state index contributed by atoms with van der Waals surface area (Å²) in [6.45, 7) is 7.93. The molecule has 0 amide bonds. The van der Waals surface area contributed by atoms with Crippen LogP contribution in [0.2, 0.25) is 0 Å². The number of rotatable bonds is 10. The minimum atomic E-state index is -3.23. The number of sulfone groups is 1. The van der Waals surface area contributed by atoms with Gasteiger partial charge in [0.25, 0.3) is 0 Å². The first-order valence-electron chi connectivity index (χ1n) is 10.8. The Bertz CT molecular complexity index is 972. The maximum absolute atomic E-state index is 13.8. The number of hydrogen-bond acceptors (Lipinski definition) is 3. The van der Waals surface area contributed by atoms with Crippen LogP contribution in [0.25, 0.3) is 0 Å². The van der Waals surface area contributed by atoms with Crippen LogP contribution in [0.1, 0.15) is 50.3 Å². The Morgan fingerprint density at radius 3 is 2.26 bits per heavy atom. The van der Waals surface area contributed by atoms with Crippen molar-refractivity contribution in [3.63, 3.8) is 0 Å². The zero-order valence-electron chi connectivity index (χ0n) is 18.9. The second-order valence-electron chi connectivity index (χ2n) is 7.89. The Hall–Kier alpha value is -2.41. The average Bonchev–Trinajstić information content (AvgIpc) is 2.74. The van der Waals surface area contributed by atoms with Crippen LogP contribution in [0.5, 0.6) is 0 Å². The average molecular weight is 448 g/mol. The number of benzene rings is 2. The van der Waals surface area contributed by atoms with Crippen molar-refractivity contribution >= 4 is 15.8 Å². The fourth-order valence-corrected chi connectivity index (χ4v) is 4.57. The van der Waals surface area contributed by atoms with E-state index in [2.05, 4.69) is 53.7 Å². The van der Waals surface area contributed by atoms with Crippen molar-refractivity contribution in [2.75, 3.05) is 19.3 Å². The molecule has 0 aliphatic carbocycles. The smallest absolute Gasteiger partial charge is 0.191 e. The molecule has 0 spiro atoms. The van der Waals surface area contributed by atoms with E-state index < -0.39 is 15.7 Å². The van der Waals surface area contributed by atoms with Gasteiger partial charge in [0.2, 0.25) is 0 Å². The monoisotopic (exact) mass is 447 g/mol. The minimum absolute atomic E-state index is 0.0300. The molecule has 0 saturated carbocycles. The fraction of sp³-hybridized carbons (Fsp3) is 0.458. The predicted molar refractivity (Wildman–Crippen MR) is 126 cm³/mol. The van der Waals surface area contributed by atoms with Gasteiger partial charge in [-0.15, -0.1) is 0 Å². The number of guanidine groups is 1. The number of halogens is 1. The molecule has 0 saturated heterocycles. The van der Waals surface area contributed by atoms with Gasteiger partial charge in [-0.1, -0.05) is 50.2 Å². The first-order valence-corrected chi connectivity index (χ1v) is 12.8. The number of nitrogens with one attached hydrogen (secondary N) is 2. The van der Waals surface area contributed by atoms with Crippen LogP contribution in [0.3, 0.4) is 0 Å². The van der Waals surface area contributed by atoms with Gasteiger partial charge in [0.15, 0.2) is 15.8 Å². The van der Waals surface area contributed by atoms with Crippen molar-refractivity contribution in [3.8, 4) is 0 Å². The zero-order chi connectivity index (χ0) is 22.9. The lowest BCUT2D eigenvalue weighted by atomic mass is 9.76. The zero-order valence-corrected chi connectivity index (χ0v) is 19.7. The second kappa shape index (κ2) is 11.3. The Balaban J connectivity index is 2.23. The molecule has 0 heterocycles. The van der Waals surface area contributed by atoms with Crippen LogP contribution in [0, 0.1) is 5.82 Å². The van der Waals surface area contributed by atoms with E-state index in [4.69, 9.17) is 0 Å². The topological polar surface area (TPSA) is 70.6 Å². The predicted octanol–water partition coefficient (Wildman–Crippen LogP) is 4.18. The summed E-state index contributed by atoms with van der Waals surface area (Å²) < 4.78 is 37.3. The van der Waals surface area contributed by atoms with E-state index in [1.165, 1.54) is 30.0 Å². The van der Waals surface area contributed by atoms with Gasteiger partial charge in [-0.05, 0) is 48.6 Å². The summed E-state index contributed by atoms with van der Waals surface area (Å²) in [5.74, 6) is 0.0879. The molecule has 0 atom stereocenters. The molecule has 7 heteroatoms. The summed E-state index contributed by atoms with van der Waals surface area (Å²) in [5.41, 5.74) is 2.40. The quantitative estimate of drug-likeness (QED) is 0.423. The number of hydrogen-bond donors (Lipinski definition) is 2. The van der Waals surface area contributed by atoms with Gasteiger partial charge in [-0.25, -0.2) is 17.8 Å². The summed E-state index contributed by atoms with van der Waals surface area (Å²) in [6, 6.07) is 14.6. The molecule has 2 N–H and O–H groups in total. The number of nitrogens with zero attached hydrogens (tertiary/aromatic N) is 1. The second-order valence-corrected chi connectivity index (χ2v) is 10.0. The van der Waals surface area contributed by atoms with E-state index >= 15 is 0 Å². The van der Waals surface area contributed by atoms with E-state index in [0.29, 0.717) is 30.2 Å². The van der Waals surface area contributed by atoms with E-state index in [9.17, 15) is 12.8 Å². The molecule has 0 unspecified atom stereocenters. The molecule has 2 rings (SSSR count). The van der Waals surface area contributed by atoms with Crippen LogP contribution in [-0.2, 0) is 27.5 Å². The van der Waals surface area contributed by atoms with Crippen molar-refractivity contribution in [1.82, 2.24) is 10.6 Å². The summed E-state index contributed by atoms with van der Waals surface area (Å²) in [5, 5.41) is 6.68. The lowest BCUT2D eigenvalue weighted by Gasteiger charge is -2.33. The van der Waals surface area contributed by atoms with Gasteiger partial charge in [0, 0.05) is 24.8 Å². The third-order valence-electron chi connectivity index (χ3n) is 5.67. The third-order valence-corrected chi connectivity index (χ3v) is 6.51. The Morgan fingerprint density at radius 2 is 1.68 bits per heavy atom. The van der Waals surface area contributed by atoms with E-state index in [1.54, 1.807) is 0 Å². The van der Waals surface area contributed by atoms with E-state index in [0.717, 1.165) is 12.8 Å². The summed E-state index contributed by atoms with van der Waals surface area (Å²) in [7, 11) is -3.23. The molecule has 0 bridgehead atoms. The van der Waals surface area contributed by atoms with Crippen LogP contribution >= 0.6 is 0 Å². The summed E-state index contributed by atoms with van der Waals surface area (Å²) >= 11 is 0. The third kappa shape index (κ3) is 7.35. The van der Waals surface area contributed by atoms with Crippen molar-refractivity contribution in [2.24, 2.45) is 4.99 Å². The number of aliphatic imine (C=N–C) groups is 1. The van der Waals surface area contributed by atoms with Crippen molar-refractivity contribution < 1.29 is 12.8 Å². The SMILES string of the molecule is CCNC(=NCc1cc(F)ccc1CS(C)(=O)=O)NCC(CC)(CC)c1ccccc1. The largest absolute Gasteiger partial charge is 0.357 e. The molecule has 5 nitrogen and oxygen atoms in total. The normalized spacial score (nSPS) is 12.6. The Morgan fingerprint density at radius 1 is 1.00 bits per heavy atom. The minimum Gasteiger partial charge on any atom is -0.357 e. The molecular formula is C24H34FN3O2S. The van der Waals surface area contributed by atoms with Crippen LogP contribution in [0.4, 0.5) is 4.39 Å². The Labute approximate surface area is 186 Å². The molecule has 170 valence electrons. The summed E-state index contributed by atoms with van der Waals surface area (Å²) in [6.07, 6.45) is 3.12. The summed E-state index contributed by atoms with van der Waals surface area (Å²) in [4.78, 5) is 4.61. The van der Waals surface area contributed by atoms with Crippen molar-refractivity contribution in [1.29, 1.82) is 0 Å². The maximum Gasteiger partial charge on any atom is 0.191 e. The molecular weight excluding hydrogens is 413 g/mol. The van der Waals surface area contributed by atoms with Crippen LogP contribution in [0.15, 0.2) is 53.5 Å². The van der Waals surface area contributed by atoms with E-state index in [1.807, 2.05) is 13.0 Å². The highest BCUT2D eigenvalue weighted by atomic mass is 32.2. The highest BCUT2D eigenvalue weighted by Crippen LogP contribution is 2.30. The van der Waals surface area contributed by atoms with E-state index in [-0.39, 0.29) is 17.7 Å². The molecule has 0 fully saturated rings. The van der Waals surface area contributed by atoms with Gasteiger partial charge in [-0.2, -0.15) is 0 Å². The fourth-order valence-electron chi connectivity index (χ4n) is 3.73. The maximum atomic E-state index is 13.8. The highest BCUT2D eigenvalue weighted by Gasteiger charge is 2.28. The van der Waals surface area contributed by atoms with Crippen LogP contribution < -0.4 is 10.6 Å². The first-order chi connectivity index (χ1) is 14.7.